The highest BCUT2D eigenvalue weighted by molar-refractivity contribution is 5.39. The molecule has 1 heterocycles. The first-order chi connectivity index (χ1) is 11.8. The summed E-state index contributed by atoms with van der Waals surface area (Å²) in [6.07, 6.45) is 5.26. The zero-order valence-electron chi connectivity index (χ0n) is 13.6. The molecule has 0 aromatic heterocycles. The predicted octanol–water partition coefficient (Wildman–Crippen LogP) is 4.52. The van der Waals surface area contributed by atoms with E-state index >= 15 is 0 Å². The van der Waals surface area contributed by atoms with Crippen LogP contribution in [0.25, 0.3) is 0 Å². The van der Waals surface area contributed by atoms with E-state index in [2.05, 4.69) is 6.58 Å². The van der Waals surface area contributed by atoms with E-state index in [1.165, 1.54) is 12.5 Å². The molecule has 4 nitrogen and oxygen atoms in total. The minimum absolute atomic E-state index is 0.456. The molecular weight excluding hydrogens is 304 g/mol. The molecule has 0 N–H and O–H groups in total. The molecular formula is C20H20O4. The molecule has 0 unspecified atom stereocenters. The number of ether oxygens (including phenoxy) is 4. The summed E-state index contributed by atoms with van der Waals surface area (Å²) in [5.41, 5.74) is 3.06. The van der Waals surface area contributed by atoms with E-state index in [9.17, 15) is 0 Å². The molecule has 2 aromatic rings. The Morgan fingerprint density at radius 2 is 1.75 bits per heavy atom. The summed E-state index contributed by atoms with van der Waals surface area (Å²) in [6.45, 7) is 4.24. The molecule has 4 heteroatoms. The largest absolute Gasteiger partial charge is 0.497 e. The summed E-state index contributed by atoms with van der Waals surface area (Å²) in [5, 5.41) is 0. The zero-order valence-corrected chi connectivity index (χ0v) is 13.6. The summed E-state index contributed by atoms with van der Waals surface area (Å²) < 4.78 is 22.1. The molecule has 24 heavy (non-hydrogen) atoms. The Morgan fingerprint density at radius 1 is 1.04 bits per heavy atom. The molecule has 0 amide bonds. The molecule has 0 atom stereocenters. The summed E-state index contributed by atoms with van der Waals surface area (Å²) in [6, 6.07) is 13.8. The van der Waals surface area contributed by atoms with Crippen LogP contribution < -0.4 is 9.47 Å². The lowest BCUT2D eigenvalue weighted by Gasteiger charge is -2.17. The third-order valence-corrected chi connectivity index (χ3v) is 3.72. The van der Waals surface area contributed by atoms with Crippen LogP contribution in [0.5, 0.6) is 11.5 Å². The molecule has 0 fully saturated rings. The van der Waals surface area contributed by atoms with Crippen molar-refractivity contribution in [1.82, 2.24) is 0 Å². The van der Waals surface area contributed by atoms with Crippen LogP contribution >= 0.6 is 0 Å². The quantitative estimate of drug-likeness (QED) is 0.702. The first-order valence-electron chi connectivity index (χ1n) is 7.75. The van der Waals surface area contributed by atoms with E-state index in [0.29, 0.717) is 6.61 Å². The lowest BCUT2D eigenvalue weighted by atomic mass is 10.1. The lowest BCUT2D eigenvalue weighted by Crippen LogP contribution is -2.05. The van der Waals surface area contributed by atoms with Crippen molar-refractivity contribution >= 4 is 0 Å². The van der Waals surface area contributed by atoms with Crippen molar-refractivity contribution in [3.8, 4) is 11.5 Å². The molecule has 0 aliphatic carbocycles. The Morgan fingerprint density at radius 3 is 2.42 bits per heavy atom. The van der Waals surface area contributed by atoms with E-state index < -0.39 is 6.29 Å². The van der Waals surface area contributed by atoms with E-state index in [1.54, 1.807) is 7.11 Å². The van der Waals surface area contributed by atoms with Gasteiger partial charge in [-0.05, 0) is 41.8 Å². The summed E-state index contributed by atoms with van der Waals surface area (Å²) >= 11 is 0. The second-order valence-electron chi connectivity index (χ2n) is 5.38. The van der Waals surface area contributed by atoms with Crippen molar-refractivity contribution in [2.45, 2.75) is 19.3 Å². The molecule has 1 aliphatic rings. The second-order valence-corrected chi connectivity index (χ2v) is 5.38. The van der Waals surface area contributed by atoms with Crippen LogP contribution in [0.1, 0.15) is 23.0 Å². The van der Waals surface area contributed by atoms with Crippen molar-refractivity contribution in [3.63, 3.8) is 0 Å². The van der Waals surface area contributed by atoms with E-state index in [-0.39, 0.29) is 0 Å². The van der Waals surface area contributed by atoms with E-state index in [4.69, 9.17) is 18.9 Å². The third kappa shape index (κ3) is 3.71. The van der Waals surface area contributed by atoms with Crippen LogP contribution in [0.4, 0.5) is 0 Å². The first kappa shape index (κ1) is 16.0. The van der Waals surface area contributed by atoms with Crippen LogP contribution in [-0.4, -0.2) is 7.11 Å². The van der Waals surface area contributed by atoms with Gasteiger partial charge in [-0.1, -0.05) is 24.3 Å². The molecule has 124 valence electrons. The van der Waals surface area contributed by atoms with Crippen molar-refractivity contribution in [2.24, 2.45) is 0 Å². The van der Waals surface area contributed by atoms with Crippen LogP contribution in [0, 0.1) is 0 Å². The van der Waals surface area contributed by atoms with Gasteiger partial charge in [-0.2, -0.15) is 0 Å². The zero-order chi connectivity index (χ0) is 16.8. The van der Waals surface area contributed by atoms with Gasteiger partial charge >= 0.3 is 0 Å². The third-order valence-electron chi connectivity index (χ3n) is 3.72. The number of allylic oxidation sites excluding steroid dienone is 1. The molecule has 2 aromatic carbocycles. The lowest BCUT2D eigenvalue weighted by molar-refractivity contribution is -0.0266. The maximum absolute atomic E-state index is 5.99. The van der Waals surface area contributed by atoms with Gasteiger partial charge in [-0.25, -0.2) is 0 Å². The SMILES string of the molecule is C=CCc1ccc(OCc2ccc(OC)cc2)c(C2OC=CO2)c1. The predicted molar refractivity (Wildman–Crippen MR) is 91.7 cm³/mol. The van der Waals surface area contributed by atoms with Gasteiger partial charge in [-0.15, -0.1) is 6.58 Å². The van der Waals surface area contributed by atoms with Gasteiger partial charge in [0, 0.05) is 0 Å². The van der Waals surface area contributed by atoms with Crippen molar-refractivity contribution in [1.29, 1.82) is 0 Å². The van der Waals surface area contributed by atoms with Crippen LogP contribution in [0.3, 0.4) is 0 Å². The Hall–Kier alpha value is -2.88. The minimum Gasteiger partial charge on any atom is -0.497 e. The van der Waals surface area contributed by atoms with Gasteiger partial charge in [0.1, 0.15) is 30.6 Å². The fourth-order valence-corrected chi connectivity index (χ4v) is 2.48. The van der Waals surface area contributed by atoms with Gasteiger partial charge in [0.2, 0.25) is 0 Å². The smallest absolute Gasteiger partial charge is 0.269 e. The van der Waals surface area contributed by atoms with Gasteiger partial charge in [-0.3, -0.25) is 0 Å². The number of methoxy groups -OCH3 is 1. The van der Waals surface area contributed by atoms with Gasteiger partial charge < -0.3 is 18.9 Å². The highest BCUT2D eigenvalue weighted by Gasteiger charge is 2.21. The number of hydrogen-bond donors (Lipinski definition) is 0. The standard InChI is InChI=1S/C20H20O4/c1-3-4-15-7-10-19(18(13-15)20-22-11-12-23-20)24-14-16-5-8-17(21-2)9-6-16/h3,5-13,20H,1,4,14H2,2H3. The number of rotatable bonds is 7. The van der Waals surface area contributed by atoms with Crippen molar-refractivity contribution < 1.29 is 18.9 Å². The fraction of sp³-hybridized carbons (Fsp3) is 0.200. The topological polar surface area (TPSA) is 36.9 Å². The van der Waals surface area contributed by atoms with Crippen LogP contribution in [0.15, 0.2) is 67.6 Å². The maximum atomic E-state index is 5.99. The Bertz CT molecular complexity index is 711. The van der Waals surface area contributed by atoms with Crippen LogP contribution in [-0.2, 0) is 22.5 Å². The Balaban J connectivity index is 1.76. The molecule has 0 bridgehead atoms. The second kappa shape index (κ2) is 7.59. The molecule has 1 aliphatic heterocycles. The first-order valence-corrected chi connectivity index (χ1v) is 7.75. The average molecular weight is 324 g/mol. The van der Waals surface area contributed by atoms with Gasteiger partial charge in [0.25, 0.3) is 6.29 Å². The fourth-order valence-electron chi connectivity index (χ4n) is 2.48. The molecule has 0 spiro atoms. The number of hydrogen-bond acceptors (Lipinski definition) is 4. The summed E-state index contributed by atoms with van der Waals surface area (Å²) in [5.74, 6) is 1.57. The van der Waals surface area contributed by atoms with Crippen LogP contribution in [0.2, 0.25) is 0 Å². The average Bonchev–Trinajstić information content (AvgIpc) is 3.16. The Labute approximate surface area is 141 Å². The monoisotopic (exact) mass is 324 g/mol. The van der Waals surface area contributed by atoms with Gasteiger partial charge in [0.05, 0.1) is 12.7 Å². The normalized spacial score (nSPS) is 13.2. The van der Waals surface area contributed by atoms with E-state index in [0.717, 1.165) is 34.6 Å². The highest BCUT2D eigenvalue weighted by Crippen LogP contribution is 2.33. The maximum Gasteiger partial charge on any atom is 0.269 e. The van der Waals surface area contributed by atoms with Gasteiger partial charge in [0.15, 0.2) is 0 Å². The molecule has 3 rings (SSSR count). The molecule has 0 radical (unpaired) electrons. The summed E-state index contributed by atoms with van der Waals surface area (Å²) in [7, 11) is 1.65. The highest BCUT2D eigenvalue weighted by atomic mass is 16.7. The van der Waals surface area contributed by atoms with E-state index in [1.807, 2.05) is 48.5 Å². The number of benzene rings is 2. The molecule has 0 saturated carbocycles. The minimum atomic E-state index is -0.472. The molecule has 0 saturated heterocycles. The Kier molecular flexibility index (Phi) is 5.06. The van der Waals surface area contributed by atoms with Crippen molar-refractivity contribution in [3.05, 3.63) is 84.3 Å². The van der Waals surface area contributed by atoms with Crippen molar-refractivity contribution in [2.75, 3.05) is 7.11 Å². The summed E-state index contributed by atoms with van der Waals surface area (Å²) in [4.78, 5) is 0.